The van der Waals surface area contributed by atoms with Crippen molar-refractivity contribution < 1.29 is 9.13 Å². The summed E-state index contributed by atoms with van der Waals surface area (Å²) in [5.74, 6) is 0.00654. The fourth-order valence-electron chi connectivity index (χ4n) is 1.44. The van der Waals surface area contributed by atoms with Crippen molar-refractivity contribution in [1.29, 1.82) is 0 Å². The molecule has 0 unspecified atom stereocenters. The highest BCUT2D eigenvalue weighted by Gasteiger charge is 2.11. The molecule has 0 aliphatic heterocycles. The maximum Gasteiger partial charge on any atom is 0.213 e. The Morgan fingerprint density at radius 2 is 2.24 bits per heavy atom. The number of aromatic nitrogens is 3. The van der Waals surface area contributed by atoms with E-state index in [-0.39, 0.29) is 0 Å². The van der Waals surface area contributed by atoms with Crippen LogP contribution < -0.4 is 4.74 Å². The Balaban J connectivity index is 2.09. The summed E-state index contributed by atoms with van der Waals surface area (Å²) in [5.41, 5.74) is 1.83. The standard InChI is InChI=1S/C11H11BrFN3O/c1-7-11(12)9(16(2)15-7)6-17-8-3-4-10(13)14-5-8/h3-5H,6H2,1-2H3. The Morgan fingerprint density at radius 1 is 1.47 bits per heavy atom. The lowest BCUT2D eigenvalue weighted by molar-refractivity contribution is 0.292. The predicted octanol–water partition coefficient (Wildman–Crippen LogP) is 2.60. The largest absolute Gasteiger partial charge is 0.486 e. The zero-order valence-electron chi connectivity index (χ0n) is 9.44. The molecule has 0 spiro atoms. The maximum absolute atomic E-state index is 12.6. The van der Waals surface area contributed by atoms with Crippen LogP contribution in [0, 0.1) is 12.9 Å². The summed E-state index contributed by atoms with van der Waals surface area (Å²) >= 11 is 3.45. The van der Waals surface area contributed by atoms with Crippen molar-refractivity contribution in [3.63, 3.8) is 0 Å². The maximum atomic E-state index is 12.6. The van der Waals surface area contributed by atoms with Crippen molar-refractivity contribution in [1.82, 2.24) is 14.8 Å². The lowest BCUT2D eigenvalue weighted by Gasteiger charge is -2.06. The molecule has 0 aliphatic rings. The molecule has 0 saturated heterocycles. The molecule has 0 aromatic carbocycles. The number of aryl methyl sites for hydroxylation is 2. The molecule has 2 heterocycles. The smallest absolute Gasteiger partial charge is 0.213 e. The third kappa shape index (κ3) is 2.63. The number of ether oxygens (including phenoxy) is 1. The van der Waals surface area contributed by atoms with E-state index in [0.29, 0.717) is 12.4 Å². The van der Waals surface area contributed by atoms with Gasteiger partial charge in [0, 0.05) is 7.05 Å². The molecule has 6 heteroatoms. The summed E-state index contributed by atoms with van der Waals surface area (Å²) in [4.78, 5) is 3.52. The van der Waals surface area contributed by atoms with Gasteiger partial charge in [0.15, 0.2) is 0 Å². The van der Waals surface area contributed by atoms with Gasteiger partial charge in [-0.2, -0.15) is 9.49 Å². The van der Waals surface area contributed by atoms with E-state index in [0.717, 1.165) is 15.9 Å². The Kier molecular flexibility index (Phi) is 3.42. The fourth-order valence-corrected chi connectivity index (χ4v) is 1.89. The molecule has 0 bridgehead atoms. The molecule has 0 aliphatic carbocycles. The number of hydrogen-bond acceptors (Lipinski definition) is 3. The van der Waals surface area contributed by atoms with Gasteiger partial charge in [-0.15, -0.1) is 0 Å². The number of hydrogen-bond donors (Lipinski definition) is 0. The van der Waals surface area contributed by atoms with E-state index in [1.807, 2.05) is 14.0 Å². The molecule has 0 amide bonds. The van der Waals surface area contributed by atoms with Crippen LogP contribution in [0.3, 0.4) is 0 Å². The van der Waals surface area contributed by atoms with Gasteiger partial charge in [0.1, 0.15) is 12.4 Å². The molecule has 0 radical (unpaired) electrons. The van der Waals surface area contributed by atoms with E-state index in [9.17, 15) is 4.39 Å². The number of halogens is 2. The topological polar surface area (TPSA) is 39.9 Å². The van der Waals surface area contributed by atoms with Gasteiger partial charge < -0.3 is 4.74 Å². The summed E-state index contributed by atoms with van der Waals surface area (Å²) in [6, 6.07) is 2.80. The Hall–Kier alpha value is -1.43. The van der Waals surface area contributed by atoms with Crippen molar-refractivity contribution in [2.24, 2.45) is 7.05 Å². The van der Waals surface area contributed by atoms with E-state index >= 15 is 0 Å². The second-order valence-corrected chi connectivity index (χ2v) is 4.37. The number of pyridine rings is 1. The first-order valence-electron chi connectivity index (χ1n) is 5.00. The third-order valence-corrected chi connectivity index (χ3v) is 3.37. The minimum atomic E-state index is -0.519. The average molecular weight is 300 g/mol. The quantitative estimate of drug-likeness (QED) is 0.818. The highest BCUT2D eigenvalue weighted by Crippen LogP contribution is 2.21. The molecule has 0 N–H and O–H groups in total. The van der Waals surface area contributed by atoms with Crippen LogP contribution in [0.2, 0.25) is 0 Å². The van der Waals surface area contributed by atoms with Crippen LogP contribution >= 0.6 is 15.9 Å². The molecule has 2 aromatic heterocycles. The van der Waals surface area contributed by atoms with Gasteiger partial charge in [-0.25, -0.2) is 4.98 Å². The summed E-state index contributed by atoms with van der Waals surface area (Å²) in [7, 11) is 1.85. The van der Waals surface area contributed by atoms with Crippen molar-refractivity contribution in [2.75, 3.05) is 0 Å². The van der Waals surface area contributed by atoms with Gasteiger partial charge in [-0.1, -0.05) is 0 Å². The SMILES string of the molecule is Cc1nn(C)c(COc2ccc(F)nc2)c1Br. The predicted molar refractivity (Wildman–Crippen MR) is 64.2 cm³/mol. The van der Waals surface area contributed by atoms with E-state index in [1.54, 1.807) is 10.7 Å². The van der Waals surface area contributed by atoms with Gasteiger partial charge in [-0.05, 0) is 35.0 Å². The van der Waals surface area contributed by atoms with Crippen molar-refractivity contribution in [2.45, 2.75) is 13.5 Å². The molecular weight excluding hydrogens is 289 g/mol. The zero-order chi connectivity index (χ0) is 12.4. The monoisotopic (exact) mass is 299 g/mol. The second-order valence-electron chi connectivity index (χ2n) is 3.57. The Bertz CT molecular complexity index is 524. The first kappa shape index (κ1) is 12.0. The summed E-state index contributed by atoms with van der Waals surface area (Å²) in [6.07, 6.45) is 1.35. The van der Waals surface area contributed by atoms with Crippen molar-refractivity contribution in [3.05, 3.63) is 40.1 Å². The first-order valence-corrected chi connectivity index (χ1v) is 5.79. The third-order valence-electron chi connectivity index (χ3n) is 2.34. The van der Waals surface area contributed by atoms with E-state index < -0.39 is 5.95 Å². The highest BCUT2D eigenvalue weighted by molar-refractivity contribution is 9.10. The van der Waals surface area contributed by atoms with Crippen molar-refractivity contribution in [3.8, 4) is 5.75 Å². The van der Waals surface area contributed by atoms with Crippen LogP contribution in [0.25, 0.3) is 0 Å². The molecule has 4 nitrogen and oxygen atoms in total. The van der Waals surface area contributed by atoms with Crippen LogP contribution in [0.5, 0.6) is 5.75 Å². The highest BCUT2D eigenvalue weighted by atomic mass is 79.9. The molecular formula is C11H11BrFN3O. The molecule has 0 saturated carbocycles. The fraction of sp³-hybridized carbons (Fsp3) is 0.273. The molecule has 2 aromatic rings. The van der Waals surface area contributed by atoms with E-state index in [1.165, 1.54) is 12.3 Å². The molecule has 17 heavy (non-hydrogen) atoms. The van der Waals surface area contributed by atoms with E-state index in [2.05, 4.69) is 26.0 Å². The molecule has 0 fully saturated rings. The van der Waals surface area contributed by atoms with Gasteiger partial charge in [0.2, 0.25) is 5.95 Å². The van der Waals surface area contributed by atoms with Crippen LogP contribution in [0.4, 0.5) is 4.39 Å². The minimum absolute atomic E-state index is 0.352. The van der Waals surface area contributed by atoms with Gasteiger partial charge in [0.05, 0.1) is 22.1 Å². The summed E-state index contributed by atoms with van der Waals surface area (Å²) in [6.45, 7) is 2.26. The van der Waals surface area contributed by atoms with Crippen LogP contribution in [-0.2, 0) is 13.7 Å². The van der Waals surface area contributed by atoms with Crippen LogP contribution in [-0.4, -0.2) is 14.8 Å². The van der Waals surface area contributed by atoms with Crippen molar-refractivity contribution >= 4 is 15.9 Å². The van der Waals surface area contributed by atoms with Gasteiger partial charge >= 0.3 is 0 Å². The minimum Gasteiger partial charge on any atom is -0.486 e. The lowest BCUT2D eigenvalue weighted by atomic mass is 10.4. The summed E-state index contributed by atoms with van der Waals surface area (Å²) < 4.78 is 20.8. The van der Waals surface area contributed by atoms with Gasteiger partial charge in [0.25, 0.3) is 0 Å². The van der Waals surface area contributed by atoms with Gasteiger partial charge in [-0.3, -0.25) is 4.68 Å². The normalized spacial score (nSPS) is 10.6. The Labute approximate surface area is 107 Å². The zero-order valence-corrected chi connectivity index (χ0v) is 11.0. The lowest BCUT2D eigenvalue weighted by Crippen LogP contribution is -2.03. The average Bonchev–Trinajstić information content (AvgIpc) is 2.54. The van der Waals surface area contributed by atoms with Crippen LogP contribution in [0.15, 0.2) is 22.8 Å². The number of nitrogens with zero attached hydrogens (tertiary/aromatic N) is 3. The Morgan fingerprint density at radius 3 is 2.76 bits per heavy atom. The number of rotatable bonds is 3. The molecule has 90 valence electrons. The first-order chi connectivity index (χ1) is 8.08. The molecule has 0 atom stereocenters. The molecule has 2 rings (SSSR count). The summed E-state index contributed by atoms with van der Waals surface area (Å²) in [5, 5.41) is 4.25. The van der Waals surface area contributed by atoms with E-state index in [4.69, 9.17) is 4.74 Å². The second kappa shape index (κ2) is 4.83. The van der Waals surface area contributed by atoms with Crippen LogP contribution in [0.1, 0.15) is 11.4 Å².